The number of para-hydroxylation sites is 1. The van der Waals surface area contributed by atoms with Crippen LogP contribution in [0.2, 0.25) is 0 Å². The van der Waals surface area contributed by atoms with E-state index in [1.165, 1.54) is 22.5 Å². The summed E-state index contributed by atoms with van der Waals surface area (Å²) >= 11 is 1.37. The molecular weight excluding hydrogens is 234 g/mol. The zero-order chi connectivity index (χ0) is 12.3. The van der Waals surface area contributed by atoms with Crippen molar-refractivity contribution in [3.8, 4) is 11.8 Å². The Morgan fingerprint density at radius 2 is 2.06 bits per heavy atom. The maximum Gasteiger partial charge on any atom is 0.276 e. The molecule has 0 atom stereocenters. The van der Waals surface area contributed by atoms with Crippen molar-refractivity contribution in [3.05, 3.63) is 52.4 Å². The van der Waals surface area contributed by atoms with Crippen LogP contribution in [-0.2, 0) is 0 Å². The van der Waals surface area contributed by atoms with Crippen molar-refractivity contribution in [2.45, 2.75) is 5.16 Å². The number of nitriles is 1. The van der Waals surface area contributed by atoms with E-state index in [0.717, 1.165) is 0 Å². The summed E-state index contributed by atoms with van der Waals surface area (Å²) in [5, 5.41) is 9.41. The Hall–Kier alpha value is -2.06. The average molecular weight is 243 g/mol. The van der Waals surface area contributed by atoms with E-state index in [4.69, 9.17) is 5.26 Å². The Bertz CT molecular complexity index is 628. The van der Waals surface area contributed by atoms with Gasteiger partial charge in [-0.25, -0.2) is 4.98 Å². The van der Waals surface area contributed by atoms with Gasteiger partial charge in [-0.1, -0.05) is 30.0 Å². The highest BCUT2D eigenvalue weighted by Gasteiger charge is 2.10. The third-order valence-electron chi connectivity index (χ3n) is 2.25. The molecule has 2 rings (SSSR count). The largest absolute Gasteiger partial charge is 0.276 e. The summed E-state index contributed by atoms with van der Waals surface area (Å²) in [5.74, 6) is 0. The maximum atomic E-state index is 12.1. The number of nitrogens with zero attached hydrogens (tertiary/aromatic N) is 3. The third-order valence-corrected chi connectivity index (χ3v) is 2.90. The number of aromatic nitrogens is 2. The summed E-state index contributed by atoms with van der Waals surface area (Å²) < 4.78 is 1.45. The predicted octanol–water partition coefficient (Wildman–Crippen LogP) is 1.83. The van der Waals surface area contributed by atoms with Gasteiger partial charge in [0.25, 0.3) is 5.56 Å². The van der Waals surface area contributed by atoms with E-state index in [-0.39, 0.29) is 11.1 Å². The minimum Gasteiger partial charge on any atom is -0.267 e. The Labute approximate surface area is 103 Å². The molecule has 4 nitrogen and oxygen atoms in total. The van der Waals surface area contributed by atoms with Crippen molar-refractivity contribution in [3.63, 3.8) is 0 Å². The Morgan fingerprint density at radius 3 is 2.65 bits per heavy atom. The molecule has 0 saturated heterocycles. The first kappa shape index (κ1) is 11.4. The zero-order valence-electron chi connectivity index (χ0n) is 9.12. The summed E-state index contributed by atoms with van der Waals surface area (Å²) in [4.78, 5) is 16.2. The summed E-state index contributed by atoms with van der Waals surface area (Å²) in [5.41, 5.74) is 0.427. The van der Waals surface area contributed by atoms with Crippen molar-refractivity contribution in [1.82, 2.24) is 9.55 Å². The SMILES string of the molecule is CSc1ncc(C#N)c(=O)n1-c1ccccc1. The normalized spacial score (nSPS) is 9.88. The van der Waals surface area contributed by atoms with Gasteiger partial charge in [-0.2, -0.15) is 5.26 Å². The molecule has 17 heavy (non-hydrogen) atoms. The standard InChI is InChI=1S/C12H9N3OS/c1-17-12-14-8-9(7-13)11(16)15(12)10-5-3-2-4-6-10/h2-6,8H,1H3. The minimum atomic E-state index is -0.335. The van der Waals surface area contributed by atoms with Crippen molar-refractivity contribution in [1.29, 1.82) is 5.26 Å². The molecule has 0 radical (unpaired) electrons. The molecule has 0 unspecified atom stereocenters. The molecule has 5 heteroatoms. The van der Waals surface area contributed by atoms with E-state index in [9.17, 15) is 4.79 Å². The second-order valence-corrected chi connectivity index (χ2v) is 4.02. The van der Waals surface area contributed by atoms with Crippen molar-refractivity contribution < 1.29 is 0 Å². The smallest absolute Gasteiger partial charge is 0.267 e. The second kappa shape index (κ2) is 4.85. The first-order chi connectivity index (χ1) is 8.27. The lowest BCUT2D eigenvalue weighted by atomic mass is 10.3. The topological polar surface area (TPSA) is 58.7 Å². The van der Waals surface area contributed by atoms with Gasteiger partial charge in [0.15, 0.2) is 5.16 Å². The van der Waals surface area contributed by atoms with Crippen molar-refractivity contribution in [2.75, 3.05) is 6.26 Å². The van der Waals surface area contributed by atoms with E-state index < -0.39 is 0 Å². The van der Waals surface area contributed by atoms with Crippen LogP contribution in [0.15, 0.2) is 46.5 Å². The fraction of sp³-hybridized carbons (Fsp3) is 0.0833. The molecule has 0 fully saturated rings. The highest BCUT2D eigenvalue weighted by Crippen LogP contribution is 2.14. The minimum absolute atomic E-state index is 0.0478. The van der Waals surface area contributed by atoms with Gasteiger partial charge in [-0.05, 0) is 18.4 Å². The summed E-state index contributed by atoms with van der Waals surface area (Å²) in [6.07, 6.45) is 3.15. The molecular formula is C12H9N3OS. The molecule has 0 spiro atoms. The van der Waals surface area contributed by atoms with Gasteiger partial charge in [0.05, 0.1) is 11.9 Å². The Balaban J connectivity index is 2.76. The van der Waals surface area contributed by atoms with Gasteiger partial charge < -0.3 is 0 Å². The van der Waals surface area contributed by atoms with Crippen LogP contribution < -0.4 is 5.56 Å². The van der Waals surface area contributed by atoms with Gasteiger partial charge in [0, 0.05) is 0 Å². The first-order valence-electron chi connectivity index (χ1n) is 4.89. The average Bonchev–Trinajstić information content (AvgIpc) is 2.39. The van der Waals surface area contributed by atoms with Crippen LogP contribution in [0.5, 0.6) is 0 Å². The van der Waals surface area contributed by atoms with E-state index >= 15 is 0 Å². The van der Waals surface area contributed by atoms with Crippen LogP contribution in [-0.4, -0.2) is 15.8 Å². The molecule has 1 aromatic carbocycles. The highest BCUT2D eigenvalue weighted by molar-refractivity contribution is 7.98. The monoisotopic (exact) mass is 243 g/mol. The van der Waals surface area contributed by atoms with Crippen LogP contribution in [0.25, 0.3) is 5.69 Å². The molecule has 0 aliphatic carbocycles. The fourth-order valence-electron chi connectivity index (χ4n) is 1.47. The number of hydrogen-bond donors (Lipinski definition) is 0. The molecule has 0 aliphatic rings. The van der Waals surface area contributed by atoms with E-state index in [1.807, 2.05) is 42.7 Å². The fourth-order valence-corrected chi connectivity index (χ4v) is 1.99. The predicted molar refractivity (Wildman–Crippen MR) is 66.3 cm³/mol. The third kappa shape index (κ3) is 2.08. The van der Waals surface area contributed by atoms with Gasteiger partial charge in [0.2, 0.25) is 0 Å². The Morgan fingerprint density at radius 1 is 1.35 bits per heavy atom. The lowest BCUT2D eigenvalue weighted by Gasteiger charge is -2.09. The van der Waals surface area contributed by atoms with E-state index in [0.29, 0.717) is 10.8 Å². The van der Waals surface area contributed by atoms with E-state index in [1.54, 1.807) is 0 Å². The first-order valence-corrected chi connectivity index (χ1v) is 6.12. The lowest BCUT2D eigenvalue weighted by Crippen LogP contribution is -2.23. The molecule has 0 amide bonds. The molecule has 1 heterocycles. The number of rotatable bonds is 2. The molecule has 1 aromatic heterocycles. The van der Waals surface area contributed by atoms with Crippen molar-refractivity contribution in [2.24, 2.45) is 0 Å². The highest BCUT2D eigenvalue weighted by atomic mass is 32.2. The second-order valence-electron chi connectivity index (χ2n) is 3.25. The summed E-state index contributed by atoms with van der Waals surface area (Å²) in [6, 6.07) is 11.0. The molecule has 0 bridgehead atoms. The summed E-state index contributed by atoms with van der Waals surface area (Å²) in [6.45, 7) is 0. The molecule has 2 aromatic rings. The molecule has 0 saturated carbocycles. The van der Waals surface area contributed by atoms with Crippen LogP contribution in [0.1, 0.15) is 5.56 Å². The maximum absolute atomic E-state index is 12.1. The van der Waals surface area contributed by atoms with Gasteiger partial charge in [-0.3, -0.25) is 9.36 Å². The summed E-state index contributed by atoms with van der Waals surface area (Å²) in [7, 11) is 0. The van der Waals surface area contributed by atoms with Gasteiger partial charge in [-0.15, -0.1) is 0 Å². The molecule has 0 aliphatic heterocycles. The van der Waals surface area contributed by atoms with Crippen LogP contribution in [0, 0.1) is 11.3 Å². The van der Waals surface area contributed by atoms with Crippen LogP contribution in [0.4, 0.5) is 0 Å². The quantitative estimate of drug-likeness (QED) is 0.596. The van der Waals surface area contributed by atoms with Crippen LogP contribution in [0.3, 0.4) is 0 Å². The molecule has 0 N–H and O–H groups in total. The molecule has 84 valence electrons. The van der Waals surface area contributed by atoms with E-state index in [2.05, 4.69) is 4.98 Å². The van der Waals surface area contributed by atoms with Gasteiger partial charge in [0.1, 0.15) is 11.6 Å². The number of benzene rings is 1. The number of hydrogen-bond acceptors (Lipinski definition) is 4. The number of thioether (sulfide) groups is 1. The zero-order valence-corrected chi connectivity index (χ0v) is 9.94. The van der Waals surface area contributed by atoms with Gasteiger partial charge >= 0.3 is 0 Å². The van der Waals surface area contributed by atoms with Crippen molar-refractivity contribution >= 4 is 11.8 Å². The lowest BCUT2D eigenvalue weighted by molar-refractivity contribution is 0.792. The van der Waals surface area contributed by atoms with Crippen LogP contribution >= 0.6 is 11.8 Å². The Kier molecular flexibility index (Phi) is 3.26.